The standard InChI is InChI=1S/C18H20F3N3O4/c19-18(20,21)28-13-3-1-11(2-4-13)12-7-24(8-12)17(26)23-6-5-15-14(9-23)22-16(25)10-27-15/h1-4,12,14-15H,5-10H2,(H,22,25)/t14-,15?/m1/s1. The predicted octanol–water partition coefficient (Wildman–Crippen LogP) is 1.69. The number of likely N-dealkylation sites (tertiary alicyclic amines) is 2. The minimum Gasteiger partial charge on any atom is -0.406 e. The van der Waals surface area contributed by atoms with Gasteiger partial charge in [-0.25, -0.2) is 4.79 Å². The molecule has 3 heterocycles. The first-order valence-electron chi connectivity index (χ1n) is 9.09. The lowest BCUT2D eigenvalue weighted by atomic mass is 9.91. The normalized spacial score (nSPS) is 25.6. The molecule has 2 atom stereocenters. The molecule has 0 aromatic heterocycles. The second kappa shape index (κ2) is 7.16. The van der Waals surface area contributed by atoms with Gasteiger partial charge in [-0.2, -0.15) is 0 Å². The van der Waals surface area contributed by atoms with Crippen LogP contribution >= 0.6 is 0 Å². The van der Waals surface area contributed by atoms with Gasteiger partial charge >= 0.3 is 12.4 Å². The van der Waals surface area contributed by atoms with Gasteiger partial charge in [0.1, 0.15) is 12.4 Å². The fourth-order valence-electron chi connectivity index (χ4n) is 3.86. The number of alkyl halides is 3. The number of nitrogens with one attached hydrogen (secondary N) is 1. The van der Waals surface area contributed by atoms with E-state index in [2.05, 4.69) is 10.1 Å². The Morgan fingerprint density at radius 3 is 2.54 bits per heavy atom. The second-order valence-corrected chi connectivity index (χ2v) is 7.26. The highest BCUT2D eigenvalue weighted by Crippen LogP contribution is 2.31. The third kappa shape index (κ3) is 4.01. The van der Waals surface area contributed by atoms with Crippen LogP contribution in [0.3, 0.4) is 0 Å². The van der Waals surface area contributed by atoms with Crippen molar-refractivity contribution in [2.24, 2.45) is 0 Å². The number of morpholine rings is 1. The average molecular weight is 399 g/mol. The molecule has 1 unspecified atom stereocenters. The lowest BCUT2D eigenvalue weighted by Gasteiger charge is -2.46. The fraction of sp³-hybridized carbons (Fsp3) is 0.556. The summed E-state index contributed by atoms with van der Waals surface area (Å²) in [7, 11) is 0. The number of urea groups is 1. The van der Waals surface area contributed by atoms with Crippen molar-refractivity contribution in [3.63, 3.8) is 0 Å². The van der Waals surface area contributed by atoms with Gasteiger partial charge in [-0.05, 0) is 24.1 Å². The summed E-state index contributed by atoms with van der Waals surface area (Å²) in [5.74, 6) is -0.347. The lowest BCUT2D eigenvalue weighted by Crippen LogP contribution is -2.63. The highest BCUT2D eigenvalue weighted by atomic mass is 19.4. The molecule has 1 N–H and O–H groups in total. The van der Waals surface area contributed by atoms with E-state index in [9.17, 15) is 22.8 Å². The number of amides is 3. The van der Waals surface area contributed by atoms with Gasteiger partial charge in [0.2, 0.25) is 5.91 Å². The van der Waals surface area contributed by atoms with E-state index in [4.69, 9.17) is 4.74 Å². The summed E-state index contributed by atoms with van der Waals surface area (Å²) in [6, 6.07) is 5.47. The highest BCUT2D eigenvalue weighted by Gasteiger charge is 2.40. The summed E-state index contributed by atoms with van der Waals surface area (Å²) in [6.07, 6.45) is -4.09. The van der Waals surface area contributed by atoms with Gasteiger partial charge in [-0.1, -0.05) is 12.1 Å². The molecule has 3 aliphatic heterocycles. The largest absolute Gasteiger partial charge is 0.573 e. The van der Waals surface area contributed by atoms with Crippen molar-refractivity contribution in [3.05, 3.63) is 29.8 Å². The van der Waals surface area contributed by atoms with Crippen LogP contribution in [0.2, 0.25) is 0 Å². The minimum absolute atomic E-state index is 0.0525. The van der Waals surface area contributed by atoms with Crippen molar-refractivity contribution >= 4 is 11.9 Å². The Hall–Kier alpha value is -2.49. The maximum atomic E-state index is 12.7. The van der Waals surface area contributed by atoms with Gasteiger partial charge in [0.25, 0.3) is 0 Å². The smallest absolute Gasteiger partial charge is 0.406 e. The van der Waals surface area contributed by atoms with Crippen LogP contribution in [0, 0.1) is 0 Å². The number of halogens is 3. The maximum Gasteiger partial charge on any atom is 0.573 e. The van der Waals surface area contributed by atoms with Gasteiger partial charge in [0.15, 0.2) is 0 Å². The van der Waals surface area contributed by atoms with Crippen LogP contribution < -0.4 is 10.1 Å². The lowest BCUT2D eigenvalue weighted by molar-refractivity contribution is -0.274. The Bertz CT molecular complexity index is 749. The topological polar surface area (TPSA) is 71.1 Å². The SMILES string of the molecule is O=C1COC2CCN(C(=O)N3CC(c4ccc(OC(F)(F)F)cc4)C3)C[C@H]2N1. The molecule has 7 nitrogen and oxygen atoms in total. The number of piperidine rings is 1. The average Bonchev–Trinajstić information content (AvgIpc) is 2.60. The van der Waals surface area contributed by atoms with Gasteiger partial charge in [-0.3, -0.25) is 4.79 Å². The highest BCUT2D eigenvalue weighted by molar-refractivity contribution is 5.79. The van der Waals surface area contributed by atoms with E-state index in [1.807, 2.05) is 0 Å². The van der Waals surface area contributed by atoms with Crippen molar-refractivity contribution in [3.8, 4) is 5.75 Å². The molecule has 3 amide bonds. The summed E-state index contributed by atoms with van der Waals surface area (Å²) in [6.45, 7) is 2.06. The van der Waals surface area contributed by atoms with E-state index in [-0.39, 0.29) is 42.4 Å². The summed E-state index contributed by atoms with van der Waals surface area (Å²) in [5, 5.41) is 2.87. The molecule has 0 aliphatic carbocycles. The molecule has 0 saturated carbocycles. The van der Waals surface area contributed by atoms with E-state index in [0.717, 1.165) is 5.56 Å². The number of hydrogen-bond donors (Lipinski definition) is 1. The molecule has 1 aromatic rings. The Balaban J connectivity index is 1.29. The van der Waals surface area contributed by atoms with Crippen molar-refractivity contribution < 1.29 is 32.2 Å². The van der Waals surface area contributed by atoms with Crippen molar-refractivity contribution in [1.82, 2.24) is 15.1 Å². The molecular weight excluding hydrogens is 379 g/mol. The molecule has 0 bridgehead atoms. The number of hydrogen-bond acceptors (Lipinski definition) is 4. The van der Waals surface area contributed by atoms with Gasteiger partial charge in [0, 0.05) is 32.1 Å². The molecule has 3 fully saturated rings. The number of rotatable bonds is 2. The molecular formula is C18H20F3N3O4. The summed E-state index contributed by atoms with van der Waals surface area (Å²) in [5.41, 5.74) is 0.866. The van der Waals surface area contributed by atoms with E-state index >= 15 is 0 Å². The molecule has 152 valence electrons. The molecule has 1 aromatic carbocycles. The first-order chi connectivity index (χ1) is 13.3. The Kier molecular flexibility index (Phi) is 4.82. The van der Waals surface area contributed by atoms with Gasteiger partial charge < -0.3 is 24.6 Å². The Morgan fingerprint density at radius 2 is 1.86 bits per heavy atom. The third-order valence-electron chi connectivity index (χ3n) is 5.33. The zero-order chi connectivity index (χ0) is 19.9. The van der Waals surface area contributed by atoms with Crippen LogP contribution in [-0.4, -0.2) is 73.0 Å². The summed E-state index contributed by atoms with van der Waals surface area (Å²) < 4.78 is 46.0. The predicted molar refractivity (Wildman–Crippen MR) is 90.7 cm³/mol. The summed E-state index contributed by atoms with van der Waals surface area (Å²) in [4.78, 5) is 27.6. The third-order valence-corrected chi connectivity index (χ3v) is 5.33. The van der Waals surface area contributed by atoms with Crippen LogP contribution in [0.5, 0.6) is 5.75 Å². The van der Waals surface area contributed by atoms with Gasteiger partial charge in [-0.15, -0.1) is 13.2 Å². The molecule has 3 aliphatic rings. The van der Waals surface area contributed by atoms with Crippen LogP contribution in [0.15, 0.2) is 24.3 Å². The van der Waals surface area contributed by atoms with E-state index < -0.39 is 6.36 Å². The van der Waals surface area contributed by atoms with E-state index in [0.29, 0.717) is 32.6 Å². The Labute approximate surface area is 159 Å². The maximum absolute atomic E-state index is 12.7. The molecule has 0 radical (unpaired) electrons. The van der Waals surface area contributed by atoms with Crippen LogP contribution in [-0.2, 0) is 9.53 Å². The van der Waals surface area contributed by atoms with Crippen LogP contribution in [0.25, 0.3) is 0 Å². The zero-order valence-corrected chi connectivity index (χ0v) is 14.9. The minimum atomic E-state index is -4.71. The number of fused-ring (bicyclic) bond motifs is 1. The van der Waals surface area contributed by atoms with E-state index in [1.165, 1.54) is 12.1 Å². The molecule has 0 spiro atoms. The monoisotopic (exact) mass is 399 g/mol. The molecule has 3 saturated heterocycles. The van der Waals surface area contributed by atoms with Gasteiger partial charge in [0.05, 0.1) is 12.1 Å². The summed E-state index contributed by atoms with van der Waals surface area (Å²) >= 11 is 0. The molecule has 4 rings (SSSR count). The quantitative estimate of drug-likeness (QED) is 0.822. The van der Waals surface area contributed by atoms with Crippen molar-refractivity contribution in [2.75, 3.05) is 32.8 Å². The van der Waals surface area contributed by atoms with E-state index in [1.54, 1.807) is 21.9 Å². The number of carbonyl (C=O) groups is 2. The van der Waals surface area contributed by atoms with Crippen molar-refractivity contribution in [1.29, 1.82) is 0 Å². The van der Waals surface area contributed by atoms with Crippen molar-refractivity contribution in [2.45, 2.75) is 30.8 Å². The second-order valence-electron chi connectivity index (χ2n) is 7.26. The Morgan fingerprint density at radius 1 is 1.14 bits per heavy atom. The molecule has 28 heavy (non-hydrogen) atoms. The molecule has 10 heteroatoms. The number of ether oxygens (including phenoxy) is 2. The number of carbonyl (C=O) groups excluding carboxylic acids is 2. The number of benzene rings is 1. The number of nitrogens with zero attached hydrogens (tertiary/aromatic N) is 2. The fourth-order valence-corrected chi connectivity index (χ4v) is 3.86. The van der Waals surface area contributed by atoms with Crippen LogP contribution in [0.1, 0.15) is 17.9 Å². The zero-order valence-electron chi connectivity index (χ0n) is 14.9. The van der Waals surface area contributed by atoms with Crippen LogP contribution in [0.4, 0.5) is 18.0 Å². The first kappa shape index (κ1) is 18.9. The first-order valence-corrected chi connectivity index (χ1v) is 9.09.